The summed E-state index contributed by atoms with van der Waals surface area (Å²) in [6.07, 6.45) is 2.69. The van der Waals surface area contributed by atoms with Crippen LogP contribution in [0.15, 0.2) is 51.6 Å². The second kappa shape index (κ2) is 4.77. The summed E-state index contributed by atoms with van der Waals surface area (Å²) < 4.78 is 16.0. The maximum absolute atomic E-state index is 5.42. The molecule has 1 aliphatic rings. The first kappa shape index (κ1) is 12.2. The van der Waals surface area contributed by atoms with Gasteiger partial charge in [0.2, 0.25) is 11.7 Å². The van der Waals surface area contributed by atoms with Crippen molar-refractivity contribution in [2.24, 2.45) is 0 Å². The summed E-state index contributed by atoms with van der Waals surface area (Å²) in [6.45, 7) is 0. The molecule has 2 heterocycles. The third kappa shape index (κ3) is 2.20. The fourth-order valence-electron chi connectivity index (χ4n) is 2.55. The number of ether oxygens (including phenoxy) is 1. The second-order valence-electron chi connectivity index (χ2n) is 5.15. The molecule has 3 aromatic rings. The highest BCUT2D eigenvalue weighted by Gasteiger charge is 2.45. The third-order valence-corrected chi connectivity index (χ3v) is 3.79. The summed E-state index contributed by atoms with van der Waals surface area (Å²) in [7, 11) is 1.64. The van der Waals surface area contributed by atoms with Crippen LogP contribution in [0.25, 0.3) is 11.4 Å². The highest BCUT2D eigenvalue weighted by molar-refractivity contribution is 5.57. The van der Waals surface area contributed by atoms with Crippen LogP contribution in [0.3, 0.4) is 0 Å². The predicted octanol–water partition coefficient (Wildman–Crippen LogP) is 3.61. The van der Waals surface area contributed by atoms with Gasteiger partial charge in [-0.15, -0.1) is 0 Å². The second-order valence-corrected chi connectivity index (χ2v) is 5.15. The van der Waals surface area contributed by atoms with E-state index >= 15 is 0 Å². The minimum atomic E-state index is 0.267. The highest BCUT2D eigenvalue weighted by Crippen LogP contribution is 2.54. The fourth-order valence-corrected chi connectivity index (χ4v) is 2.55. The molecule has 4 rings (SSSR count). The first-order valence-corrected chi connectivity index (χ1v) is 6.86. The fraction of sp³-hybridized carbons (Fsp3) is 0.250. The maximum Gasteiger partial charge on any atom is 0.230 e. The number of hydrogen-bond acceptors (Lipinski definition) is 5. The van der Waals surface area contributed by atoms with Gasteiger partial charge in [0.15, 0.2) is 0 Å². The molecule has 2 aromatic heterocycles. The lowest BCUT2D eigenvalue weighted by Crippen LogP contribution is -1.86. The Kier molecular flexibility index (Phi) is 2.77. The molecule has 0 N–H and O–H groups in total. The molecule has 106 valence electrons. The Bertz CT molecular complexity index is 748. The third-order valence-electron chi connectivity index (χ3n) is 3.79. The number of nitrogens with zero attached hydrogens (tertiary/aromatic N) is 2. The molecule has 1 aromatic carbocycles. The Balaban J connectivity index is 1.56. The largest absolute Gasteiger partial charge is 0.497 e. The molecule has 5 nitrogen and oxygen atoms in total. The van der Waals surface area contributed by atoms with Crippen LogP contribution in [0.1, 0.15) is 29.9 Å². The van der Waals surface area contributed by atoms with Crippen LogP contribution >= 0.6 is 0 Å². The Morgan fingerprint density at radius 1 is 1.19 bits per heavy atom. The summed E-state index contributed by atoms with van der Waals surface area (Å²) in [6, 6.07) is 11.5. The van der Waals surface area contributed by atoms with Gasteiger partial charge in [-0.05, 0) is 30.7 Å². The van der Waals surface area contributed by atoms with E-state index in [1.54, 1.807) is 13.4 Å². The zero-order chi connectivity index (χ0) is 14.2. The van der Waals surface area contributed by atoms with Crippen molar-refractivity contribution in [2.45, 2.75) is 18.3 Å². The molecular formula is C16H14N2O3. The predicted molar refractivity (Wildman–Crippen MR) is 75.1 cm³/mol. The first-order chi connectivity index (χ1) is 10.3. The lowest BCUT2D eigenvalue weighted by molar-refractivity contribution is 0.376. The van der Waals surface area contributed by atoms with Gasteiger partial charge < -0.3 is 13.7 Å². The van der Waals surface area contributed by atoms with Crippen molar-refractivity contribution in [1.29, 1.82) is 0 Å². The van der Waals surface area contributed by atoms with Crippen molar-refractivity contribution in [2.75, 3.05) is 7.11 Å². The van der Waals surface area contributed by atoms with Gasteiger partial charge in [-0.2, -0.15) is 4.98 Å². The van der Waals surface area contributed by atoms with Crippen LogP contribution in [-0.4, -0.2) is 17.3 Å². The van der Waals surface area contributed by atoms with Gasteiger partial charge in [-0.1, -0.05) is 17.3 Å². The minimum Gasteiger partial charge on any atom is -0.497 e. The van der Waals surface area contributed by atoms with Gasteiger partial charge in [-0.25, -0.2) is 0 Å². The molecule has 0 saturated heterocycles. The number of benzene rings is 1. The maximum atomic E-state index is 5.42. The average molecular weight is 282 g/mol. The zero-order valence-electron chi connectivity index (χ0n) is 11.5. The molecule has 1 saturated carbocycles. The molecule has 5 heteroatoms. The first-order valence-electron chi connectivity index (χ1n) is 6.86. The molecular weight excluding hydrogens is 268 g/mol. The smallest absolute Gasteiger partial charge is 0.230 e. The van der Waals surface area contributed by atoms with Gasteiger partial charge in [0.1, 0.15) is 11.5 Å². The Hall–Kier alpha value is -2.56. The van der Waals surface area contributed by atoms with Crippen LogP contribution in [0.5, 0.6) is 5.75 Å². The molecule has 0 bridgehead atoms. The number of rotatable bonds is 4. The van der Waals surface area contributed by atoms with Crippen LogP contribution in [0.4, 0.5) is 0 Å². The van der Waals surface area contributed by atoms with Gasteiger partial charge >= 0.3 is 0 Å². The van der Waals surface area contributed by atoms with E-state index in [9.17, 15) is 0 Å². The monoisotopic (exact) mass is 282 g/mol. The van der Waals surface area contributed by atoms with Crippen molar-refractivity contribution in [3.63, 3.8) is 0 Å². The van der Waals surface area contributed by atoms with E-state index in [0.717, 1.165) is 23.5 Å². The molecule has 1 fully saturated rings. The van der Waals surface area contributed by atoms with E-state index in [-0.39, 0.29) is 5.92 Å². The highest BCUT2D eigenvalue weighted by atomic mass is 16.5. The molecule has 0 aliphatic heterocycles. The van der Waals surface area contributed by atoms with E-state index in [4.69, 9.17) is 13.7 Å². The van der Waals surface area contributed by atoms with Gasteiger partial charge in [0.25, 0.3) is 0 Å². The number of hydrogen-bond donors (Lipinski definition) is 0. The van der Waals surface area contributed by atoms with Crippen molar-refractivity contribution in [3.05, 3.63) is 54.3 Å². The topological polar surface area (TPSA) is 61.3 Å². The average Bonchev–Trinajstić information content (AvgIpc) is 2.97. The van der Waals surface area contributed by atoms with E-state index < -0.39 is 0 Å². The number of methoxy groups -OCH3 is 1. The van der Waals surface area contributed by atoms with Crippen LogP contribution in [-0.2, 0) is 0 Å². The minimum absolute atomic E-state index is 0.267. The molecule has 1 aliphatic carbocycles. The SMILES string of the molecule is COc1cccc(-c2noc([C@@H]3C[C@@H]3c3ccco3)n2)c1. The van der Waals surface area contributed by atoms with Crippen molar-refractivity contribution >= 4 is 0 Å². The van der Waals surface area contributed by atoms with Crippen molar-refractivity contribution in [3.8, 4) is 17.1 Å². The lowest BCUT2D eigenvalue weighted by atomic mass is 10.2. The molecule has 2 atom stereocenters. The van der Waals surface area contributed by atoms with E-state index in [1.807, 2.05) is 36.4 Å². The summed E-state index contributed by atoms with van der Waals surface area (Å²) in [5, 5.41) is 4.07. The van der Waals surface area contributed by atoms with E-state index in [0.29, 0.717) is 17.6 Å². The number of furan rings is 1. The standard InChI is InChI=1S/C16H14N2O3/c1-19-11-5-2-4-10(8-11)15-17-16(21-18-15)13-9-12(13)14-6-3-7-20-14/h2-8,12-13H,9H2,1H3/t12-,13+/m0/s1. The van der Waals surface area contributed by atoms with Gasteiger partial charge in [-0.3, -0.25) is 0 Å². The molecule has 0 unspecified atom stereocenters. The summed E-state index contributed by atoms with van der Waals surface area (Å²) >= 11 is 0. The quantitative estimate of drug-likeness (QED) is 0.731. The van der Waals surface area contributed by atoms with Gasteiger partial charge in [0.05, 0.1) is 13.4 Å². The summed E-state index contributed by atoms with van der Waals surface area (Å²) in [5.74, 6) is 3.66. The molecule has 0 spiro atoms. The normalized spacial score (nSPS) is 20.4. The molecule has 0 amide bonds. The van der Waals surface area contributed by atoms with E-state index in [2.05, 4.69) is 10.1 Å². The lowest BCUT2D eigenvalue weighted by Gasteiger charge is -1.99. The van der Waals surface area contributed by atoms with Crippen molar-refractivity contribution in [1.82, 2.24) is 10.1 Å². The van der Waals surface area contributed by atoms with Crippen molar-refractivity contribution < 1.29 is 13.7 Å². The van der Waals surface area contributed by atoms with Crippen LogP contribution in [0.2, 0.25) is 0 Å². The zero-order valence-corrected chi connectivity index (χ0v) is 11.5. The summed E-state index contributed by atoms with van der Waals surface area (Å²) in [4.78, 5) is 4.50. The molecule has 21 heavy (non-hydrogen) atoms. The summed E-state index contributed by atoms with van der Waals surface area (Å²) in [5.41, 5.74) is 0.888. The Morgan fingerprint density at radius 3 is 2.95 bits per heavy atom. The molecule has 0 radical (unpaired) electrons. The Morgan fingerprint density at radius 2 is 2.14 bits per heavy atom. The van der Waals surface area contributed by atoms with E-state index in [1.165, 1.54) is 0 Å². The van der Waals surface area contributed by atoms with Gasteiger partial charge in [0, 0.05) is 17.4 Å². The Labute approximate surface area is 121 Å². The van der Waals surface area contributed by atoms with Crippen LogP contribution in [0, 0.1) is 0 Å². The number of aromatic nitrogens is 2. The van der Waals surface area contributed by atoms with Crippen LogP contribution < -0.4 is 4.74 Å².